The van der Waals surface area contributed by atoms with Gasteiger partial charge in [-0.25, -0.2) is 9.59 Å². The number of rotatable bonds is 5. The summed E-state index contributed by atoms with van der Waals surface area (Å²) in [6.45, 7) is 10.6. The van der Waals surface area contributed by atoms with Crippen molar-refractivity contribution in [2.75, 3.05) is 7.05 Å². The molecule has 0 aliphatic rings. The molecule has 1 atom stereocenters. The fourth-order valence-electron chi connectivity index (χ4n) is 3.14. The maximum absolute atomic E-state index is 12.8. The minimum absolute atomic E-state index is 0.229. The lowest BCUT2D eigenvalue weighted by molar-refractivity contribution is -0.402. The second-order valence-electron chi connectivity index (χ2n) is 9.63. The molecule has 1 aromatic carbocycles. The molecule has 0 N–H and O–H groups in total. The Morgan fingerprint density at radius 2 is 1.79 bits per heavy atom. The molecular weight excluding hydrogens is 541 g/mol. The third-order valence-corrected chi connectivity index (χ3v) is 5.38. The molecule has 2 rings (SSSR count). The summed E-state index contributed by atoms with van der Waals surface area (Å²) in [5, 5.41) is 11.8. The van der Waals surface area contributed by atoms with Gasteiger partial charge in [0.15, 0.2) is 0 Å². The maximum atomic E-state index is 12.8. The molecule has 0 unspecified atom stereocenters. The van der Waals surface area contributed by atoms with Gasteiger partial charge in [-0.05, 0) is 88.3 Å². The standard InChI is InChI=1S/C23H30IN3O6/c1-22(2,3)32-20(28)25(7)16(11-12-27(30)31)13-15-14-26(21(29)33-23(4,5)6)18-10-8-9-17(24)19(15)18/h8-12,14,16H,13H2,1-7H3/b12-11+/t16-/m0/s1. The minimum atomic E-state index is -0.717. The Labute approximate surface area is 207 Å². The van der Waals surface area contributed by atoms with Crippen LogP contribution in [0, 0.1) is 13.7 Å². The number of nitro groups is 1. The summed E-state index contributed by atoms with van der Waals surface area (Å²) < 4.78 is 13.3. The van der Waals surface area contributed by atoms with Gasteiger partial charge in [-0.1, -0.05) is 6.07 Å². The third-order valence-electron chi connectivity index (χ3n) is 4.49. The first-order chi connectivity index (χ1) is 15.1. The van der Waals surface area contributed by atoms with Crippen LogP contribution in [0.1, 0.15) is 47.1 Å². The Morgan fingerprint density at radius 3 is 2.33 bits per heavy atom. The van der Waals surface area contributed by atoms with Gasteiger partial charge in [0.2, 0.25) is 6.20 Å². The Kier molecular flexibility index (Phi) is 8.15. The Balaban J connectivity index is 2.52. The van der Waals surface area contributed by atoms with Crippen LogP contribution >= 0.6 is 22.6 Å². The van der Waals surface area contributed by atoms with E-state index in [0.29, 0.717) is 5.52 Å². The summed E-state index contributed by atoms with van der Waals surface area (Å²) in [6.07, 6.45) is 2.91. The first-order valence-corrected chi connectivity index (χ1v) is 11.5. The number of amides is 1. The number of carbonyl (C=O) groups excluding carboxylic acids is 2. The average Bonchev–Trinajstić information content (AvgIpc) is 3.01. The lowest BCUT2D eigenvalue weighted by Crippen LogP contribution is -2.41. The highest BCUT2D eigenvalue weighted by atomic mass is 127. The van der Waals surface area contributed by atoms with Crippen molar-refractivity contribution in [2.45, 2.75) is 65.2 Å². The van der Waals surface area contributed by atoms with Crippen molar-refractivity contribution in [1.82, 2.24) is 9.47 Å². The van der Waals surface area contributed by atoms with Crippen molar-refractivity contribution in [3.05, 3.63) is 55.9 Å². The van der Waals surface area contributed by atoms with E-state index in [1.165, 1.54) is 22.6 Å². The molecule has 0 aliphatic heterocycles. The highest BCUT2D eigenvalue weighted by molar-refractivity contribution is 14.1. The van der Waals surface area contributed by atoms with Gasteiger partial charge in [0.1, 0.15) is 11.2 Å². The number of hydrogen-bond acceptors (Lipinski definition) is 6. The van der Waals surface area contributed by atoms with Gasteiger partial charge in [0.05, 0.1) is 16.5 Å². The van der Waals surface area contributed by atoms with Crippen molar-refractivity contribution < 1.29 is 24.0 Å². The fraction of sp³-hybridized carbons (Fsp3) is 0.478. The molecule has 9 nitrogen and oxygen atoms in total. The topological polar surface area (TPSA) is 104 Å². The van der Waals surface area contributed by atoms with E-state index in [9.17, 15) is 19.7 Å². The molecule has 0 radical (unpaired) electrons. The number of hydrogen-bond donors (Lipinski definition) is 0. The van der Waals surface area contributed by atoms with E-state index < -0.39 is 34.4 Å². The van der Waals surface area contributed by atoms with Crippen LogP contribution in [0.5, 0.6) is 0 Å². The smallest absolute Gasteiger partial charge is 0.419 e. The van der Waals surface area contributed by atoms with Crippen LogP contribution < -0.4 is 0 Å². The zero-order valence-electron chi connectivity index (χ0n) is 19.9. The molecule has 10 heteroatoms. The molecule has 1 amide bonds. The molecule has 33 heavy (non-hydrogen) atoms. The predicted octanol–water partition coefficient (Wildman–Crippen LogP) is 5.60. The van der Waals surface area contributed by atoms with Crippen LogP contribution in [0.25, 0.3) is 10.9 Å². The number of ether oxygens (including phenoxy) is 2. The van der Waals surface area contributed by atoms with E-state index in [1.54, 1.807) is 47.7 Å². The van der Waals surface area contributed by atoms with Crippen LogP contribution in [0.2, 0.25) is 0 Å². The lowest BCUT2D eigenvalue weighted by atomic mass is 10.0. The summed E-state index contributed by atoms with van der Waals surface area (Å²) >= 11 is 2.18. The van der Waals surface area contributed by atoms with E-state index >= 15 is 0 Å². The molecule has 180 valence electrons. The zero-order valence-corrected chi connectivity index (χ0v) is 22.1. The second-order valence-corrected chi connectivity index (χ2v) is 10.8. The highest BCUT2D eigenvalue weighted by Crippen LogP contribution is 2.29. The largest absolute Gasteiger partial charge is 0.444 e. The summed E-state index contributed by atoms with van der Waals surface area (Å²) in [5.41, 5.74) is 0.00599. The van der Waals surface area contributed by atoms with Gasteiger partial charge in [-0.3, -0.25) is 14.7 Å². The van der Waals surface area contributed by atoms with E-state index in [1.807, 2.05) is 18.2 Å². The number of halogens is 1. The molecule has 2 aromatic rings. The normalized spacial score (nSPS) is 13.2. The van der Waals surface area contributed by atoms with Gasteiger partial charge in [-0.2, -0.15) is 0 Å². The molecule has 1 heterocycles. The molecular formula is C23H30IN3O6. The van der Waals surface area contributed by atoms with Crippen LogP contribution in [-0.4, -0.2) is 50.9 Å². The number of benzene rings is 1. The number of nitrogens with zero attached hydrogens (tertiary/aromatic N) is 3. The fourth-order valence-corrected chi connectivity index (χ4v) is 3.97. The summed E-state index contributed by atoms with van der Waals surface area (Å²) in [5.74, 6) is 0. The molecule has 0 aliphatic carbocycles. The second kappa shape index (κ2) is 10.1. The maximum Gasteiger partial charge on any atom is 0.419 e. The number of likely N-dealkylation sites (N-methyl/N-ethyl adjacent to an activating group) is 1. The molecule has 1 aromatic heterocycles. The molecule has 0 bridgehead atoms. The predicted molar refractivity (Wildman–Crippen MR) is 134 cm³/mol. The number of aromatic nitrogens is 1. The van der Waals surface area contributed by atoms with Gasteiger partial charge < -0.3 is 14.4 Å². The molecule has 0 fully saturated rings. The summed E-state index contributed by atoms with van der Waals surface area (Å²) in [7, 11) is 1.53. The average molecular weight is 571 g/mol. The van der Waals surface area contributed by atoms with Crippen LogP contribution in [0.15, 0.2) is 36.7 Å². The third kappa shape index (κ3) is 7.44. The van der Waals surface area contributed by atoms with Gasteiger partial charge in [0, 0.05) is 28.3 Å². The SMILES string of the molecule is CN(C(=O)OC(C)(C)C)[C@@H](/C=C/[N+](=O)[O-])Cc1cn(C(=O)OC(C)(C)C)c2cccc(I)c12. The van der Waals surface area contributed by atoms with E-state index in [2.05, 4.69) is 22.6 Å². The van der Waals surface area contributed by atoms with E-state index in [4.69, 9.17) is 9.47 Å². The first kappa shape index (κ1) is 26.6. The monoisotopic (exact) mass is 571 g/mol. The molecule has 0 spiro atoms. The Hall–Kier alpha value is -2.63. The van der Waals surface area contributed by atoms with Crippen LogP contribution in [0.4, 0.5) is 9.59 Å². The zero-order chi connectivity index (χ0) is 25.1. The van der Waals surface area contributed by atoms with Gasteiger partial charge in [-0.15, -0.1) is 0 Å². The summed E-state index contributed by atoms with van der Waals surface area (Å²) in [6, 6.07) is 4.88. The Bertz CT molecular complexity index is 1080. The van der Waals surface area contributed by atoms with Crippen molar-refractivity contribution in [2.24, 2.45) is 0 Å². The van der Waals surface area contributed by atoms with Crippen molar-refractivity contribution >= 4 is 45.7 Å². The first-order valence-electron chi connectivity index (χ1n) is 10.4. The van der Waals surface area contributed by atoms with Crippen LogP contribution in [-0.2, 0) is 15.9 Å². The van der Waals surface area contributed by atoms with Crippen molar-refractivity contribution in [1.29, 1.82) is 0 Å². The number of carbonyl (C=O) groups is 2. The molecule has 0 saturated carbocycles. The highest BCUT2D eigenvalue weighted by Gasteiger charge is 2.27. The lowest BCUT2D eigenvalue weighted by Gasteiger charge is -2.28. The quantitative estimate of drug-likeness (QED) is 0.263. The molecule has 0 saturated heterocycles. The minimum Gasteiger partial charge on any atom is -0.444 e. The van der Waals surface area contributed by atoms with Crippen molar-refractivity contribution in [3.8, 4) is 0 Å². The number of fused-ring (bicyclic) bond motifs is 1. The van der Waals surface area contributed by atoms with Gasteiger partial charge in [0.25, 0.3) is 0 Å². The van der Waals surface area contributed by atoms with Gasteiger partial charge >= 0.3 is 12.2 Å². The summed E-state index contributed by atoms with van der Waals surface area (Å²) in [4.78, 5) is 37.2. The van der Waals surface area contributed by atoms with Crippen molar-refractivity contribution in [3.63, 3.8) is 0 Å². The van der Waals surface area contributed by atoms with E-state index in [-0.39, 0.29) is 6.42 Å². The Morgan fingerprint density at radius 1 is 1.18 bits per heavy atom. The van der Waals surface area contributed by atoms with E-state index in [0.717, 1.165) is 20.7 Å². The van der Waals surface area contributed by atoms with Crippen LogP contribution in [0.3, 0.4) is 0 Å².